The molecule has 0 atom stereocenters. The van der Waals surface area contributed by atoms with Crippen molar-refractivity contribution in [3.63, 3.8) is 0 Å². The van der Waals surface area contributed by atoms with Crippen molar-refractivity contribution >= 4 is 83.4 Å². The Bertz CT molecular complexity index is 1740. The van der Waals surface area contributed by atoms with Crippen LogP contribution in [0.5, 0.6) is 0 Å². The number of carbonyl (C=O) groups excluding carboxylic acids is 1. The lowest BCUT2D eigenvalue weighted by Gasteiger charge is -2.18. The van der Waals surface area contributed by atoms with Gasteiger partial charge in [0.05, 0.1) is 10.0 Å². The maximum atomic E-state index is 11.6. The zero-order valence-electron chi connectivity index (χ0n) is 23.0. The molecule has 0 radical (unpaired) electrons. The van der Waals surface area contributed by atoms with Gasteiger partial charge in [-0.2, -0.15) is 0 Å². The second-order valence-electron chi connectivity index (χ2n) is 11.1. The molecule has 0 bridgehead atoms. The lowest BCUT2D eigenvalue weighted by atomic mass is 9.90. The first-order valence-electron chi connectivity index (χ1n) is 14.6. The van der Waals surface area contributed by atoms with E-state index in [1.807, 2.05) is 18.2 Å². The lowest BCUT2D eigenvalue weighted by Crippen LogP contribution is -2.03. The monoisotopic (exact) mass is 635 g/mol. The number of hydrogen-bond acceptors (Lipinski definition) is 11. The summed E-state index contributed by atoms with van der Waals surface area (Å²) in [5.41, 5.74) is 3.65. The fraction of sp³-hybridized carbons (Fsp3) is 0.433. The molecular weight excluding hydrogens is 606 g/mol. The van der Waals surface area contributed by atoms with E-state index in [0.29, 0.717) is 23.4 Å². The van der Waals surface area contributed by atoms with Crippen molar-refractivity contribution in [2.24, 2.45) is 0 Å². The number of halogens is 1. The van der Waals surface area contributed by atoms with Gasteiger partial charge in [-0.1, -0.05) is 90.6 Å². The number of anilines is 2. The van der Waals surface area contributed by atoms with Crippen LogP contribution in [0.25, 0.3) is 20.7 Å². The highest BCUT2D eigenvalue weighted by molar-refractivity contribution is 8.14. The van der Waals surface area contributed by atoms with Gasteiger partial charge in [-0.05, 0) is 43.4 Å². The first-order chi connectivity index (χ1) is 20.6. The molecule has 216 valence electrons. The fourth-order valence-corrected chi connectivity index (χ4v) is 9.29. The third-order valence-electron chi connectivity index (χ3n) is 8.18. The van der Waals surface area contributed by atoms with Crippen molar-refractivity contribution < 1.29 is 4.79 Å². The average Bonchev–Trinajstić information content (AvgIpc) is 3.75. The topological polar surface area (TPSA) is 106 Å². The summed E-state index contributed by atoms with van der Waals surface area (Å²) in [5.74, 6) is 1.92. The smallest absolute Gasteiger partial charge is 0.198 e. The molecule has 0 amide bonds. The largest absolute Gasteiger partial charge is 0.338 e. The summed E-state index contributed by atoms with van der Waals surface area (Å²) in [5, 5.41) is 6.44. The number of nitrogens with zero attached hydrogens (tertiary/aromatic N) is 6. The number of nitrogens with one attached hydrogen (secondary N) is 1. The van der Waals surface area contributed by atoms with Crippen LogP contribution in [0.2, 0.25) is 5.15 Å². The Balaban J connectivity index is 0.000000154. The molecule has 2 fully saturated rings. The summed E-state index contributed by atoms with van der Waals surface area (Å²) in [7, 11) is 0. The van der Waals surface area contributed by atoms with Crippen molar-refractivity contribution in [2.75, 3.05) is 5.32 Å². The van der Waals surface area contributed by atoms with Crippen molar-refractivity contribution in [1.29, 1.82) is 0 Å². The van der Waals surface area contributed by atoms with Gasteiger partial charge in [0, 0.05) is 28.8 Å². The average molecular weight is 636 g/mol. The molecule has 42 heavy (non-hydrogen) atoms. The van der Waals surface area contributed by atoms with Gasteiger partial charge in [-0.3, -0.25) is 4.79 Å². The fourth-order valence-electron chi connectivity index (χ4n) is 5.98. The van der Waals surface area contributed by atoms with E-state index >= 15 is 0 Å². The van der Waals surface area contributed by atoms with E-state index in [2.05, 4.69) is 30.2 Å². The van der Waals surface area contributed by atoms with E-state index in [9.17, 15) is 4.79 Å². The molecule has 8 rings (SSSR count). The Hall–Kier alpha value is -2.73. The summed E-state index contributed by atoms with van der Waals surface area (Å²) in [4.78, 5) is 41.0. The van der Waals surface area contributed by atoms with Gasteiger partial charge < -0.3 is 5.32 Å². The molecule has 0 spiro atoms. The van der Waals surface area contributed by atoms with E-state index in [1.165, 1.54) is 92.3 Å². The molecule has 3 aliphatic rings. The molecule has 0 unspecified atom stereocenters. The Morgan fingerprint density at radius 1 is 0.762 bits per heavy atom. The summed E-state index contributed by atoms with van der Waals surface area (Å²) < 4.78 is 0. The molecule has 4 aromatic heterocycles. The standard InChI is InChI=1S/C19H18N4OS2.C11H12ClN3S/c24-15-8-12-6-7-13(9-14(12)25-15)22-17-16-19(21-10-20-17)26-18(23-16)11-4-2-1-3-5-11;12-9-8-11(14-6-13-9)16-10(15-8)7-4-2-1-3-5-7/h6-7,9-11H,1-5,8H2,(H,20,21,22);6-7H,1-5H2. The maximum absolute atomic E-state index is 11.6. The Labute approximate surface area is 261 Å². The highest BCUT2D eigenvalue weighted by Gasteiger charge is 2.23. The minimum Gasteiger partial charge on any atom is -0.338 e. The van der Waals surface area contributed by atoms with Crippen LogP contribution in [0, 0.1) is 0 Å². The van der Waals surface area contributed by atoms with Crippen molar-refractivity contribution in [3.8, 4) is 0 Å². The van der Waals surface area contributed by atoms with Gasteiger partial charge in [0.2, 0.25) is 0 Å². The summed E-state index contributed by atoms with van der Waals surface area (Å²) in [6.45, 7) is 0. The number of carbonyl (C=O) groups is 1. The molecule has 1 aliphatic heterocycles. The zero-order chi connectivity index (χ0) is 28.5. The molecule has 0 saturated heterocycles. The van der Waals surface area contributed by atoms with E-state index < -0.39 is 0 Å². The number of fused-ring (bicyclic) bond motifs is 3. The zero-order valence-corrected chi connectivity index (χ0v) is 26.2. The van der Waals surface area contributed by atoms with Crippen LogP contribution in [0.15, 0.2) is 35.7 Å². The maximum Gasteiger partial charge on any atom is 0.198 e. The van der Waals surface area contributed by atoms with Gasteiger partial charge in [0.1, 0.15) is 33.3 Å². The molecule has 8 nitrogen and oxygen atoms in total. The molecule has 1 aromatic carbocycles. The lowest BCUT2D eigenvalue weighted by molar-refractivity contribution is -0.110. The molecule has 1 N–H and O–H groups in total. The molecule has 5 heterocycles. The molecular formula is C30H30ClN7OS3. The van der Waals surface area contributed by atoms with Crippen LogP contribution >= 0.6 is 46.0 Å². The van der Waals surface area contributed by atoms with Crippen LogP contribution in [0.4, 0.5) is 11.5 Å². The Morgan fingerprint density at radius 3 is 2.05 bits per heavy atom. The number of thioether (sulfide) groups is 1. The third kappa shape index (κ3) is 6.02. The highest BCUT2D eigenvalue weighted by Crippen LogP contribution is 2.39. The number of hydrogen-bond donors (Lipinski definition) is 1. The van der Waals surface area contributed by atoms with E-state index in [1.54, 1.807) is 29.0 Å². The third-order valence-corrected chi connectivity index (χ3v) is 11.7. The van der Waals surface area contributed by atoms with Gasteiger partial charge in [-0.15, -0.1) is 0 Å². The molecule has 2 aliphatic carbocycles. The first kappa shape index (κ1) is 28.1. The Kier molecular flexibility index (Phi) is 8.34. The van der Waals surface area contributed by atoms with Crippen LogP contribution < -0.4 is 5.32 Å². The van der Waals surface area contributed by atoms with Crippen molar-refractivity contribution in [2.45, 2.75) is 87.4 Å². The summed E-state index contributed by atoms with van der Waals surface area (Å²) >= 11 is 10.7. The Morgan fingerprint density at radius 2 is 1.38 bits per heavy atom. The van der Waals surface area contributed by atoms with Crippen molar-refractivity contribution in [3.05, 3.63) is 51.6 Å². The first-order valence-corrected chi connectivity index (χ1v) is 17.4. The predicted octanol–water partition coefficient (Wildman–Crippen LogP) is 8.84. The summed E-state index contributed by atoms with van der Waals surface area (Å²) in [6.07, 6.45) is 16.5. The molecule has 5 aromatic rings. The van der Waals surface area contributed by atoms with Gasteiger partial charge in [0.25, 0.3) is 0 Å². The van der Waals surface area contributed by atoms with Gasteiger partial charge in [0.15, 0.2) is 16.1 Å². The highest BCUT2D eigenvalue weighted by atomic mass is 35.5. The second kappa shape index (κ2) is 12.5. The van der Waals surface area contributed by atoms with Crippen LogP contribution in [-0.4, -0.2) is 35.0 Å². The number of thiazole rings is 2. The second-order valence-corrected chi connectivity index (χ2v) is 14.5. The SMILES string of the molecule is Clc1ncnc2sc(C3CCCCC3)nc12.O=C1Cc2ccc(Nc3ncnc4sc(C5CCCCC5)nc34)cc2S1. The molecule has 2 saturated carbocycles. The number of rotatable bonds is 4. The van der Waals surface area contributed by atoms with Crippen molar-refractivity contribution in [1.82, 2.24) is 29.9 Å². The van der Waals surface area contributed by atoms with Crippen LogP contribution in [0.1, 0.15) is 91.6 Å². The van der Waals surface area contributed by atoms with E-state index in [0.717, 1.165) is 42.7 Å². The van der Waals surface area contributed by atoms with Gasteiger partial charge in [-0.25, -0.2) is 29.9 Å². The van der Waals surface area contributed by atoms with Crippen LogP contribution in [-0.2, 0) is 11.2 Å². The quantitative estimate of drug-likeness (QED) is 0.194. The predicted molar refractivity (Wildman–Crippen MR) is 171 cm³/mol. The van der Waals surface area contributed by atoms with Crippen LogP contribution in [0.3, 0.4) is 0 Å². The van der Waals surface area contributed by atoms with Gasteiger partial charge >= 0.3 is 0 Å². The number of benzene rings is 1. The minimum atomic E-state index is 0.207. The minimum absolute atomic E-state index is 0.207. The normalized spacial score (nSPS) is 17.8. The van der Waals surface area contributed by atoms with E-state index in [-0.39, 0.29) is 5.12 Å². The summed E-state index contributed by atoms with van der Waals surface area (Å²) in [6, 6.07) is 6.04. The number of aromatic nitrogens is 6. The molecule has 12 heteroatoms. The van der Waals surface area contributed by atoms with E-state index in [4.69, 9.17) is 16.6 Å².